The van der Waals surface area contributed by atoms with Crippen molar-refractivity contribution in [2.24, 2.45) is 11.8 Å². The van der Waals surface area contributed by atoms with Gasteiger partial charge in [-0.05, 0) is 74.8 Å². The van der Waals surface area contributed by atoms with Gasteiger partial charge in [-0.15, -0.1) is 0 Å². The van der Waals surface area contributed by atoms with Gasteiger partial charge in [0.05, 0.1) is 25.2 Å². The molecule has 2 bridgehead atoms. The van der Waals surface area contributed by atoms with Crippen molar-refractivity contribution in [3.05, 3.63) is 64.7 Å². The number of piperidine rings is 3. The average Bonchev–Trinajstić information content (AvgIpc) is 3.03. The normalized spacial score (nSPS) is 27.3. The molecule has 10 nitrogen and oxygen atoms in total. The molecule has 2 aromatic rings. The van der Waals surface area contributed by atoms with Crippen molar-refractivity contribution in [1.29, 1.82) is 0 Å². The van der Waals surface area contributed by atoms with E-state index in [2.05, 4.69) is 29.6 Å². The number of aliphatic hydroxyl groups is 1. The fraction of sp³-hybridized carbons (Fsp3) is 0.639. The fourth-order valence-corrected chi connectivity index (χ4v) is 9.00. The molecule has 0 radical (unpaired) electrons. The van der Waals surface area contributed by atoms with Crippen molar-refractivity contribution in [1.82, 2.24) is 10.2 Å². The highest BCUT2D eigenvalue weighted by Gasteiger charge is 2.49. The summed E-state index contributed by atoms with van der Waals surface area (Å²) in [6, 6.07) is 13.7. The average molecular weight is 671 g/mol. The molecule has 4 N–H and O–H groups in total. The smallest absolute Gasteiger partial charge is 0.440 e. The first-order valence-electron chi connectivity index (χ1n) is 17.5. The number of hydrogen-bond acceptors (Lipinski definition) is 6. The Morgan fingerprint density at radius 1 is 1.04 bits per heavy atom. The quantitative estimate of drug-likeness (QED) is 0.189. The van der Waals surface area contributed by atoms with E-state index in [1.54, 1.807) is 12.1 Å². The number of phosphoric acid groups is 1. The number of quaternary nitrogens is 1. The molecule has 4 fully saturated rings. The number of fused-ring (bicyclic) bond motifs is 4. The van der Waals surface area contributed by atoms with Crippen molar-refractivity contribution in [3.8, 4) is 5.75 Å². The summed E-state index contributed by atoms with van der Waals surface area (Å²) in [5, 5.41) is 14.3. The maximum Gasteiger partial charge on any atom is 0.524 e. The Kier molecular flexibility index (Phi) is 10.1. The van der Waals surface area contributed by atoms with Crippen LogP contribution < -0.4 is 9.84 Å². The Morgan fingerprint density at radius 3 is 2.47 bits per heavy atom. The van der Waals surface area contributed by atoms with Crippen LogP contribution in [-0.2, 0) is 22.3 Å². The van der Waals surface area contributed by atoms with Crippen LogP contribution in [-0.4, -0.2) is 74.7 Å². The first-order chi connectivity index (χ1) is 22.3. The minimum absolute atomic E-state index is 0.0475. The Bertz CT molecular complexity index is 1460. The van der Waals surface area contributed by atoms with Crippen molar-refractivity contribution < 1.29 is 38.0 Å². The number of amides is 1. The van der Waals surface area contributed by atoms with Crippen LogP contribution in [0.5, 0.6) is 5.75 Å². The minimum Gasteiger partial charge on any atom is -0.440 e. The summed E-state index contributed by atoms with van der Waals surface area (Å²) in [5.41, 5.74) is 3.73. The Hall–Kier alpha value is -2.46. The molecule has 3 atom stereocenters. The number of phosphoric ester groups is 1. The van der Waals surface area contributed by atoms with Gasteiger partial charge in [0, 0.05) is 43.0 Å². The van der Waals surface area contributed by atoms with E-state index in [9.17, 15) is 24.3 Å². The van der Waals surface area contributed by atoms with E-state index in [1.807, 2.05) is 31.7 Å². The molecule has 3 unspecified atom stereocenters. The molecule has 1 amide bonds. The molecule has 7 rings (SSSR count). The highest BCUT2D eigenvalue weighted by Crippen LogP contribution is 2.45. The van der Waals surface area contributed by atoms with Crippen LogP contribution >= 0.6 is 7.82 Å². The van der Waals surface area contributed by atoms with Crippen LogP contribution in [0.1, 0.15) is 100 Å². The zero-order valence-corrected chi connectivity index (χ0v) is 29.0. The number of carbonyl (C=O) groups is 1. The number of rotatable bonds is 9. The second-order valence-electron chi connectivity index (χ2n) is 15.5. The van der Waals surface area contributed by atoms with Gasteiger partial charge >= 0.3 is 13.9 Å². The van der Waals surface area contributed by atoms with Crippen molar-refractivity contribution in [2.75, 3.05) is 32.7 Å². The van der Waals surface area contributed by atoms with Gasteiger partial charge in [-0.1, -0.05) is 49.6 Å². The summed E-state index contributed by atoms with van der Waals surface area (Å²) in [5.74, 6) is 0.858. The Labute approximate surface area is 279 Å². The molecule has 3 saturated heterocycles. The van der Waals surface area contributed by atoms with E-state index in [-0.39, 0.29) is 29.5 Å². The third-order valence-electron chi connectivity index (χ3n) is 11.0. The van der Waals surface area contributed by atoms with E-state index in [1.165, 1.54) is 30.4 Å². The van der Waals surface area contributed by atoms with E-state index in [0.29, 0.717) is 53.6 Å². The van der Waals surface area contributed by atoms with E-state index in [0.717, 1.165) is 45.2 Å². The molecule has 47 heavy (non-hydrogen) atoms. The predicted molar refractivity (Wildman–Crippen MR) is 180 cm³/mol. The van der Waals surface area contributed by atoms with Gasteiger partial charge in [0.1, 0.15) is 18.8 Å². The standard InChI is InChI=1S/C36H52N3O7P/c1-36(2,3)37-22-31(40)28-13-14-32(46-47(42,43)44)29(21-28)23-39-19-16-26(17-20-39)33(24-39)45-35(41)38-18-15-25-9-7-8-12-30(25)34(38)27-10-5-4-6-11-27/h7-9,12-14,21,26-27,31,33-34,37,40H,4-6,10-11,15-20,22-24H2,1-3H3,(H-,42,43,44)/p+1. The molecular formula is C36H53N3O7P+. The summed E-state index contributed by atoms with van der Waals surface area (Å²) in [4.78, 5) is 35.5. The van der Waals surface area contributed by atoms with Gasteiger partial charge in [-0.2, -0.15) is 0 Å². The van der Waals surface area contributed by atoms with Crippen molar-refractivity contribution >= 4 is 13.9 Å². The monoisotopic (exact) mass is 670 g/mol. The van der Waals surface area contributed by atoms with Gasteiger partial charge in [-0.3, -0.25) is 9.79 Å². The lowest BCUT2D eigenvalue weighted by molar-refractivity contribution is -0.958. The van der Waals surface area contributed by atoms with Crippen LogP contribution in [0.2, 0.25) is 0 Å². The summed E-state index contributed by atoms with van der Waals surface area (Å²) < 4.78 is 24.2. The number of nitrogens with zero attached hydrogens (tertiary/aromatic N) is 2. The molecular weight excluding hydrogens is 617 g/mol. The maximum atomic E-state index is 14.1. The second-order valence-corrected chi connectivity index (χ2v) is 16.6. The zero-order valence-electron chi connectivity index (χ0n) is 28.1. The molecule has 0 spiro atoms. The Morgan fingerprint density at radius 2 is 1.77 bits per heavy atom. The first-order valence-corrected chi connectivity index (χ1v) is 19.0. The third-order valence-corrected chi connectivity index (χ3v) is 11.4. The van der Waals surface area contributed by atoms with Crippen LogP contribution in [0.4, 0.5) is 4.79 Å². The van der Waals surface area contributed by atoms with Gasteiger partial charge in [0.15, 0.2) is 6.10 Å². The highest BCUT2D eigenvalue weighted by atomic mass is 31.2. The molecule has 4 aliphatic heterocycles. The van der Waals surface area contributed by atoms with E-state index in [4.69, 9.17) is 9.26 Å². The lowest BCUT2D eigenvalue weighted by Crippen LogP contribution is -2.64. The SMILES string of the molecule is CC(C)(C)NCC(O)c1ccc(OP(=O)(O)O)c(C[N+]23CCC(CC2)C(OC(=O)N2CCc4ccccc4C2C2CCCCC2)C3)c1. The molecule has 2 aromatic carbocycles. The number of benzene rings is 2. The van der Waals surface area contributed by atoms with Crippen LogP contribution in [0.3, 0.4) is 0 Å². The van der Waals surface area contributed by atoms with Gasteiger partial charge in [-0.25, -0.2) is 9.36 Å². The van der Waals surface area contributed by atoms with Crippen molar-refractivity contribution in [2.45, 2.75) is 102 Å². The lowest BCUT2D eigenvalue weighted by atomic mass is 9.77. The molecule has 5 aliphatic rings. The molecule has 258 valence electrons. The molecule has 0 aromatic heterocycles. The number of carbonyl (C=O) groups excluding carboxylic acids is 1. The number of hydrogen-bond donors (Lipinski definition) is 4. The Balaban J connectivity index is 1.21. The number of β-amino-alcohol motifs (C(OH)–C–C–N with tert-alkyl or cyclic N) is 1. The topological polar surface area (TPSA) is 129 Å². The molecule has 4 heterocycles. The largest absolute Gasteiger partial charge is 0.524 e. The van der Waals surface area contributed by atoms with E-state index < -0.39 is 13.9 Å². The van der Waals surface area contributed by atoms with Crippen LogP contribution in [0.15, 0.2) is 42.5 Å². The van der Waals surface area contributed by atoms with Crippen molar-refractivity contribution in [3.63, 3.8) is 0 Å². The summed E-state index contributed by atoms with van der Waals surface area (Å²) in [6.45, 7) is 9.96. The van der Waals surface area contributed by atoms with E-state index >= 15 is 0 Å². The second kappa shape index (κ2) is 13.8. The van der Waals surface area contributed by atoms with Gasteiger partial charge in [0.2, 0.25) is 0 Å². The zero-order chi connectivity index (χ0) is 33.4. The fourth-order valence-electron chi connectivity index (χ4n) is 8.56. The predicted octanol–water partition coefficient (Wildman–Crippen LogP) is 6.00. The van der Waals surface area contributed by atoms with Crippen LogP contribution in [0.25, 0.3) is 0 Å². The van der Waals surface area contributed by atoms with Crippen LogP contribution in [0, 0.1) is 11.8 Å². The summed E-state index contributed by atoms with van der Waals surface area (Å²) in [7, 11) is -4.81. The first kappa shape index (κ1) is 34.4. The summed E-state index contributed by atoms with van der Waals surface area (Å²) in [6.07, 6.45) is 7.35. The van der Waals surface area contributed by atoms with Gasteiger partial charge in [0.25, 0.3) is 0 Å². The summed E-state index contributed by atoms with van der Waals surface area (Å²) >= 11 is 0. The van der Waals surface area contributed by atoms with Gasteiger partial charge < -0.3 is 29.1 Å². The highest BCUT2D eigenvalue weighted by molar-refractivity contribution is 7.46. The number of aliphatic hydroxyl groups excluding tert-OH is 1. The minimum atomic E-state index is -4.81. The number of ether oxygens (including phenoxy) is 1. The third kappa shape index (κ3) is 8.23. The molecule has 11 heteroatoms. The lowest BCUT2D eigenvalue weighted by Gasteiger charge is -2.52. The maximum absolute atomic E-state index is 14.1. The molecule has 1 aliphatic carbocycles. The molecule has 1 saturated carbocycles. The number of nitrogens with one attached hydrogen (secondary N) is 1.